The summed E-state index contributed by atoms with van der Waals surface area (Å²) in [5, 5.41) is 6.34. The third kappa shape index (κ3) is 3.40. The molecule has 0 aromatic heterocycles. The van der Waals surface area contributed by atoms with Crippen LogP contribution in [-0.2, 0) is 13.0 Å². The number of nitrogens with zero attached hydrogens (tertiary/aromatic N) is 1. The summed E-state index contributed by atoms with van der Waals surface area (Å²) in [6, 6.07) is 12.9. The smallest absolute Gasteiger partial charge is 0.308 e. The normalized spacial score (nSPS) is 14.3. The van der Waals surface area contributed by atoms with E-state index in [1.54, 1.807) is 24.3 Å². The van der Waals surface area contributed by atoms with E-state index < -0.39 is 0 Å². The molecule has 2 aromatic rings. The maximum absolute atomic E-state index is 12.2. The Labute approximate surface area is 135 Å². The number of carbonyl (C=O) groups is 1. The summed E-state index contributed by atoms with van der Waals surface area (Å²) >= 11 is 5.92. The van der Waals surface area contributed by atoms with Gasteiger partial charge in [-0.3, -0.25) is 0 Å². The molecule has 0 saturated heterocycles. The maximum Gasteiger partial charge on any atom is 0.323 e. The lowest BCUT2D eigenvalue weighted by molar-refractivity contribution is 0.262. The van der Waals surface area contributed by atoms with Crippen molar-refractivity contribution >= 4 is 29.0 Å². The Morgan fingerprint density at radius 3 is 2.82 bits per heavy atom. The first-order valence-corrected chi connectivity index (χ1v) is 7.62. The molecule has 22 heavy (non-hydrogen) atoms. The minimum atomic E-state index is -0.255. The molecule has 0 radical (unpaired) electrons. The molecule has 1 heterocycles. The number of hydrogen-bond acceptors (Lipinski definition) is 2. The molecule has 2 amide bonds. The Morgan fingerprint density at radius 1 is 1.18 bits per heavy atom. The van der Waals surface area contributed by atoms with Gasteiger partial charge < -0.3 is 15.5 Å². The molecular weight excluding hydrogens is 298 g/mol. The third-order valence-corrected chi connectivity index (χ3v) is 4.02. The number of amides is 2. The van der Waals surface area contributed by atoms with Crippen molar-refractivity contribution in [1.29, 1.82) is 0 Å². The SMILES string of the molecule is CN1CCc2c(cccc2NC(=O)Nc2cccc(Cl)c2)C1. The van der Waals surface area contributed by atoms with Crippen molar-refractivity contribution in [3.05, 3.63) is 58.6 Å². The summed E-state index contributed by atoms with van der Waals surface area (Å²) in [6.45, 7) is 1.92. The second-order valence-corrected chi connectivity index (χ2v) is 5.96. The highest BCUT2D eigenvalue weighted by atomic mass is 35.5. The molecule has 0 aliphatic carbocycles. The molecule has 0 spiro atoms. The van der Waals surface area contributed by atoms with Crippen molar-refractivity contribution in [2.24, 2.45) is 0 Å². The molecule has 5 heteroatoms. The van der Waals surface area contributed by atoms with Crippen LogP contribution >= 0.6 is 11.6 Å². The average Bonchev–Trinajstić information content (AvgIpc) is 2.47. The van der Waals surface area contributed by atoms with Crippen LogP contribution in [0.15, 0.2) is 42.5 Å². The summed E-state index contributed by atoms with van der Waals surface area (Å²) in [5.74, 6) is 0. The first-order chi connectivity index (χ1) is 10.6. The van der Waals surface area contributed by atoms with Crippen LogP contribution in [0.5, 0.6) is 0 Å². The number of anilines is 2. The number of hydrogen-bond donors (Lipinski definition) is 2. The number of likely N-dealkylation sites (N-methyl/N-ethyl adjacent to an activating group) is 1. The first-order valence-electron chi connectivity index (χ1n) is 7.25. The quantitative estimate of drug-likeness (QED) is 0.880. The van der Waals surface area contributed by atoms with Crippen molar-refractivity contribution in [2.75, 3.05) is 24.2 Å². The molecular formula is C17H18ClN3O. The van der Waals surface area contributed by atoms with Gasteiger partial charge >= 0.3 is 6.03 Å². The summed E-state index contributed by atoms with van der Waals surface area (Å²) in [7, 11) is 2.11. The van der Waals surface area contributed by atoms with Gasteiger partial charge in [-0.15, -0.1) is 0 Å². The lowest BCUT2D eigenvalue weighted by Crippen LogP contribution is -2.28. The number of urea groups is 1. The van der Waals surface area contributed by atoms with Crippen molar-refractivity contribution in [2.45, 2.75) is 13.0 Å². The van der Waals surface area contributed by atoms with Crippen molar-refractivity contribution < 1.29 is 4.79 Å². The molecule has 114 valence electrons. The van der Waals surface area contributed by atoms with E-state index in [0.717, 1.165) is 25.2 Å². The van der Waals surface area contributed by atoms with E-state index in [1.165, 1.54) is 11.1 Å². The molecule has 0 bridgehead atoms. The Kier molecular flexibility index (Phi) is 4.32. The number of benzene rings is 2. The summed E-state index contributed by atoms with van der Waals surface area (Å²) < 4.78 is 0. The van der Waals surface area contributed by atoms with Crippen LogP contribution in [0, 0.1) is 0 Å². The van der Waals surface area contributed by atoms with Crippen LogP contribution < -0.4 is 10.6 Å². The predicted molar refractivity (Wildman–Crippen MR) is 90.6 cm³/mol. The van der Waals surface area contributed by atoms with Crippen molar-refractivity contribution in [3.63, 3.8) is 0 Å². The average molecular weight is 316 g/mol. The van der Waals surface area contributed by atoms with Crippen molar-refractivity contribution in [1.82, 2.24) is 4.90 Å². The summed E-state index contributed by atoms with van der Waals surface area (Å²) in [5.41, 5.74) is 4.05. The topological polar surface area (TPSA) is 44.4 Å². The fraction of sp³-hybridized carbons (Fsp3) is 0.235. The molecule has 0 atom stereocenters. The minimum Gasteiger partial charge on any atom is -0.308 e. The maximum atomic E-state index is 12.2. The number of rotatable bonds is 2. The van der Waals surface area contributed by atoms with Crippen molar-refractivity contribution in [3.8, 4) is 0 Å². The molecule has 4 nitrogen and oxygen atoms in total. The standard InChI is InChI=1S/C17H18ClN3O/c1-21-9-8-15-12(11-21)4-2-7-16(15)20-17(22)19-14-6-3-5-13(18)10-14/h2-7,10H,8-9,11H2,1H3,(H2,19,20,22). The van der Waals surface area contributed by atoms with Gasteiger partial charge in [-0.25, -0.2) is 4.79 Å². The molecule has 0 fully saturated rings. The van der Waals surface area contributed by atoms with E-state index in [1.807, 2.05) is 12.1 Å². The van der Waals surface area contributed by atoms with E-state index in [9.17, 15) is 4.79 Å². The fourth-order valence-corrected chi connectivity index (χ4v) is 2.91. The Bertz CT molecular complexity index is 702. The monoisotopic (exact) mass is 315 g/mol. The lowest BCUT2D eigenvalue weighted by Gasteiger charge is -2.26. The second kappa shape index (κ2) is 6.38. The van der Waals surface area contributed by atoms with Crippen LogP contribution in [0.2, 0.25) is 5.02 Å². The lowest BCUT2D eigenvalue weighted by atomic mass is 9.98. The molecule has 1 aliphatic heterocycles. The van der Waals surface area contributed by atoms with E-state index in [-0.39, 0.29) is 6.03 Å². The van der Waals surface area contributed by atoms with Gasteiger partial charge in [0.05, 0.1) is 0 Å². The summed E-state index contributed by atoms with van der Waals surface area (Å²) in [6.07, 6.45) is 0.944. The van der Waals surface area contributed by atoms with E-state index in [2.05, 4.69) is 28.6 Å². The van der Waals surface area contributed by atoms with Crippen LogP contribution in [0.4, 0.5) is 16.2 Å². The van der Waals surface area contributed by atoms with Gasteiger partial charge in [0, 0.05) is 29.5 Å². The number of fused-ring (bicyclic) bond motifs is 1. The molecule has 2 N–H and O–H groups in total. The molecule has 3 rings (SSSR count). The van der Waals surface area contributed by atoms with Gasteiger partial charge in [-0.1, -0.05) is 29.8 Å². The fourth-order valence-electron chi connectivity index (χ4n) is 2.72. The summed E-state index contributed by atoms with van der Waals surface area (Å²) in [4.78, 5) is 14.4. The van der Waals surface area contributed by atoms with Gasteiger partial charge in [0.15, 0.2) is 0 Å². The molecule has 2 aromatic carbocycles. The van der Waals surface area contributed by atoms with E-state index in [0.29, 0.717) is 10.7 Å². The largest absolute Gasteiger partial charge is 0.323 e. The van der Waals surface area contributed by atoms with Gasteiger partial charge in [-0.2, -0.15) is 0 Å². The van der Waals surface area contributed by atoms with Crippen LogP contribution in [0.25, 0.3) is 0 Å². The van der Waals surface area contributed by atoms with Gasteiger partial charge in [0.25, 0.3) is 0 Å². The number of carbonyl (C=O) groups excluding carboxylic acids is 1. The zero-order valence-electron chi connectivity index (χ0n) is 12.4. The van der Waals surface area contributed by atoms with Gasteiger partial charge in [0.1, 0.15) is 0 Å². The third-order valence-electron chi connectivity index (χ3n) is 3.79. The zero-order valence-corrected chi connectivity index (χ0v) is 13.2. The Balaban J connectivity index is 1.73. The highest BCUT2D eigenvalue weighted by Crippen LogP contribution is 2.25. The second-order valence-electron chi connectivity index (χ2n) is 5.52. The zero-order chi connectivity index (χ0) is 15.5. The molecule has 0 unspecified atom stereocenters. The highest BCUT2D eigenvalue weighted by Gasteiger charge is 2.17. The van der Waals surface area contributed by atoms with E-state index in [4.69, 9.17) is 11.6 Å². The predicted octanol–water partition coefficient (Wildman–Crippen LogP) is 3.97. The van der Waals surface area contributed by atoms with Gasteiger partial charge in [-0.05, 0) is 48.9 Å². The van der Waals surface area contributed by atoms with Crippen LogP contribution in [-0.4, -0.2) is 24.5 Å². The van der Waals surface area contributed by atoms with Crippen LogP contribution in [0.1, 0.15) is 11.1 Å². The molecule has 1 aliphatic rings. The van der Waals surface area contributed by atoms with Gasteiger partial charge in [0.2, 0.25) is 0 Å². The molecule has 0 saturated carbocycles. The van der Waals surface area contributed by atoms with Crippen LogP contribution in [0.3, 0.4) is 0 Å². The first kappa shape index (κ1) is 14.9. The Hall–Kier alpha value is -2.04. The van der Waals surface area contributed by atoms with E-state index >= 15 is 0 Å². The minimum absolute atomic E-state index is 0.255. The number of nitrogens with one attached hydrogen (secondary N) is 2. The Morgan fingerprint density at radius 2 is 2.00 bits per heavy atom. The highest BCUT2D eigenvalue weighted by molar-refractivity contribution is 6.30. The number of halogens is 1.